The zero-order chi connectivity index (χ0) is 16.3. The molecule has 0 spiro atoms. The van der Waals surface area contributed by atoms with Crippen LogP contribution in [0.3, 0.4) is 0 Å². The number of carbonyl (C=O) groups is 1. The zero-order valence-electron chi connectivity index (χ0n) is 14.4. The van der Waals surface area contributed by atoms with Crippen LogP contribution in [0.1, 0.15) is 53.2 Å². The normalized spacial score (nSPS) is 16.9. The summed E-state index contributed by atoms with van der Waals surface area (Å²) in [4.78, 5) is 14.3. The molecule has 1 amide bonds. The minimum atomic E-state index is 0.0213. The molecule has 0 radical (unpaired) electrons. The van der Waals surface area contributed by atoms with E-state index in [1.165, 1.54) is 0 Å². The monoisotopic (exact) mass is 304 g/mol. The summed E-state index contributed by atoms with van der Waals surface area (Å²) in [6, 6.07) is 4.31. The molecular formula is C17H28N4O. The highest BCUT2D eigenvalue weighted by atomic mass is 16.1. The molecule has 1 saturated heterocycles. The van der Waals surface area contributed by atoms with Crippen LogP contribution < -0.4 is 10.2 Å². The van der Waals surface area contributed by atoms with E-state index in [0.717, 1.165) is 37.4 Å². The number of hydrogen-bond acceptors (Lipinski definition) is 4. The van der Waals surface area contributed by atoms with Crippen molar-refractivity contribution >= 4 is 11.7 Å². The van der Waals surface area contributed by atoms with Crippen molar-refractivity contribution in [1.29, 1.82) is 0 Å². The van der Waals surface area contributed by atoms with Gasteiger partial charge in [-0.15, -0.1) is 5.10 Å². The van der Waals surface area contributed by atoms with Gasteiger partial charge in [-0.3, -0.25) is 4.79 Å². The number of amides is 1. The second kappa shape index (κ2) is 6.63. The lowest BCUT2D eigenvalue weighted by Crippen LogP contribution is -2.42. The lowest BCUT2D eigenvalue weighted by molar-refractivity contribution is -0.126. The van der Waals surface area contributed by atoms with Crippen LogP contribution in [0.15, 0.2) is 12.1 Å². The van der Waals surface area contributed by atoms with Gasteiger partial charge in [0.05, 0.1) is 5.69 Å². The fourth-order valence-corrected chi connectivity index (χ4v) is 2.67. The Morgan fingerprint density at radius 1 is 1.23 bits per heavy atom. The van der Waals surface area contributed by atoms with Crippen molar-refractivity contribution in [3.05, 3.63) is 17.8 Å². The molecule has 1 fully saturated rings. The van der Waals surface area contributed by atoms with Gasteiger partial charge < -0.3 is 10.2 Å². The number of nitrogens with zero attached hydrogens (tertiary/aromatic N) is 3. The minimum absolute atomic E-state index is 0.0213. The van der Waals surface area contributed by atoms with Crippen molar-refractivity contribution in [2.24, 2.45) is 5.92 Å². The molecule has 0 atom stereocenters. The molecule has 122 valence electrons. The van der Waals surface area contributed by atoms with E-state index in [1.807, 2.05) is 19.9 Å². The first kappa shape index (κ1) is 16.7. The van der Waals surface area contributed by atoms with Gasteiger partial charge in [0.25, 0.3) is 0 Å². The summed E-state index contributed by atoms with van der Waals surface area (Å²) < 4.78 is 0. The number of anilines is 1. The molecule has 0 aromatic carbocycles. The molecule has 1 aromatic rings. The number of aromatic nitrogens is 2. The average molecular weight is 304 g/mol. The summed E-state index contributed by atoms with van der Waals surface area (Å²) >= 11 is 0. The smallest absolute Gasteiger partial charge is 0.223 e. The zero-order valence-corrected chi connectivity index (χ0v) is 14.4. The summed E-state index contributed by atoms with van der Waals surface area (Å²) in [5, 5.41) is 11.7. The minimum Gasteiger partial charge on any atom is -0.355 e. The molecule has 0 saturated carbocycles. The van der Waals surface area contributed by atoms with Crippen molar-refractivity contribution < 1.29 is 4.79 Å². The average Bonchev–Trinajstić information content (AvgIpc) is 2.46. The molecule has 1 aliphatic heterocycles. The van der Waals surface area contributed by atoms with E-state index in [-0.39, 0.29) is 23.3 Å². The first-order valence-corrected chi connectivity index (χ1v) is 8.17. The Labute approximate surface area is 133 Å². The predicted octanol–water partition coefficient (Wildman–Crippen LogP) is 2.52. The maximum atomic E-state index is 12.0. The van der Waals surface area contributed by atoms with Gasteiger partial charge in [-0.25, -0.2) is 0 Å². The molecule has 2 heterocycles. The van der Waals surface area contributed by atoms with Crippen molar-refractivity contribution in [3.63, 3.8) is 0 Å². The Bertz CT molecular complexity index is 496. The highest BCUT2D eigenvalue weighted by Gasteiger charge is 2.26. The Balaban J connectivity index is 1.93. The summed E-state index contributed by atoms with van der Waals surface area (Å²) in [5.41, 5.74) is 1.02. The summed E-state index contributed by atoms with van der Waals surface area (Å²) in [6.07, 6.45) is 1.75. The second-order valence-electron chi connectivity index (χ2n) is 7.45. The Morgan fingerprint density at radius 2 is 1.86 bits per heavy atom. The van der Waals surface area contributed by atoms with Crippen molar-refractivity contribution in [2.75, 3.05) is 18.0 Å². The molecular weight excluding hydrogens is 276 g/mol. The van der Waals surface area contributed by atoms with Crippen molar-refractivity contribution in [3.8, 4) is 0 Å². The van der Waals surface area contributed by atoms with Crippen molar-refractivity contribution in [1.82, 2.24) is 15.5 Å². The van der Waals surface area contributed by atoms with Gasteiger partial charge in [-0.1, -0.05) is 20.8 Å². The highest BCUT2D eigenvalue weighted by Crippen LogP contribution is 2.24. The molecule has 2 rings (SSSR count). The van der Waals surface area contributed by atoms with Gasteiger partial charge in [0.1, 0.15) is 0 Å². The maximum absolute atomic E-state index is 12.0. The standard InChI is InChI=1S/C17H28N4O/c1-12(2)18-16(22)13-8-10-21(11-9-13)15-7-6-14(19-20-15)17(3,4)5/h6-7,12-13H,8-11H2,1-5H3,(H,18,22). The molecule has 1 aromatic heterocycles. The van der Waals surface area contributed by atoms with Gasteiger partial charge in [0.15, 0.2) is 5.82 Å². The molecule has 0 bridgehead atoms. The van der Waals surface area contributed by atoms with E-state index in [0.29, 0.717) is 0 Å². The fraction of sp³-hybridized carbons (Fsp3) is 0.706. The first-order chi connectivity index (χ1) is 10.3. The number of rotatable bonds is 3. The molecule has 1 aliphatic rings. The van der Waals surface area contributed by atoms with Crippen LogP contribution >= 0.6 is 0 Å². The predicted molar refractivity (Wildman–Crippen MR) is 88.9 cm³/mol. The lowest BCUT2D eigenvalue weighted by atomic mass is 9.92. The van der Waals surface area contributed by atoms with Crippen LogP contribution in [-0.4, -0.2) is 35.2 Å². The number of carbonyl (C=O) groups excluding carboxylic acids is 1. The highest BCUT2D eigenvalue weighted by molar-refractivity contribution is 5.79. The topological polar surface area (TPSA) is 58.1 Å². The number of hydrogen-bond donors (Lipinski definition) is 1. The van der Waals surface area contributed by atoms with E-state index in [4.69, 9.17) is 0 Å². The molecule has 1 N–H and O–H groups in total. The Hall–Kier alpha value is -1.65. The first-order valence-electron chi connectivity index (χ1n) is 8.17. The third kappa shape index (κ3) is 4.18. The molecule has 22 heavy (non-hydrogen) atoms. The van der Waals surface area contributed by atoms with Gasteiger partial charge in [0, 0.05) is 30.5 Å². The van der Waals surface area contributed by atoms with Gasteiger partial charge in [-0.05, 0) is 38.8 Å². The SMILES string of the molecule is CC(C)NC(=O)C1CCN(c2ccc(C(C)(C)C)nn2)CC1. The fourth-order valence-electron chi connectivity index (χ4n) is 2.67. The lowest BCUT2D eigenvalue weighted by Gasteiger charge is -2.32. The van der Waals surface area contributed by atoms with Crippen molar-refractivity contribution in [2.45, 2.75) is 58.9 Å². The molecule has 0 aliphatic carbocycles. The van der Waals surface area contributed by atoms with E-state index >= 15 is 0 Å². The second-order valence-corrected chi connectivity index (χ2v) is 7.45. The molecule has 5 nitrogen and oxygen atoms in total. The number of piperidine rings is 1. The van der Waals surface area contributed by atoms with Gasteiger partial charge in [-0.2, -0.15) is 5.10 Å². The molecule has 0 unspecified atom stereocenters. The van der Waals surface area contributed by atoms with E-state index in [2.05, 4.69) is 47.3 Å². The number of nitrogens with one attached hydrogen (secondary N) is 1. The largest absolute Gasteiger partial charge is 0.355 e. The summed E-state index contributed by atoms with van der Waals surface area (Å²) in [6.45, 7) is 12.1. The van der Waals surface area contributed by atoms with E-state index in [1.54, 1.807) is 0 Å². The third-order valence-electron chi connectivity index (χ3n) is 4.04. The summed E-state index contributed by atoms with van der Waals surface area (Å²) in [5.74, 6) is 1.22. The molecule has 5 heteroatoms. The van der Waals surface area contributed by atoms with Crippen LogP contribution in [-0.2, 0) is 10.2 Å². The van der Waals surface area contributed by atoms with Crippen LogP contribution in [0.2, 0.25) is 0 Å². The summed E-state index contributed by atoms with van der Waals surface area (Å²) in [7, 11) is 0. The quantitative estimate of drug-likeness (QED) is 0.932. The van der Waals surface area contributed by atoms with Crippen LogP contribution in [0.25, 0.3) is 0 Å². The van der Waals surface area contributed by atoms with E-state index < -0.39 is 0 Å². The van der Waals surface area contributed by atoms with Gasteiger partial charge in [0.2, 0.25) is 5.91 Å². The van der Waals surface area contributed by atoms with Gasteiger partial charge >= 0.3 is 0 Å². The van der Waals surface area contributed by atoms with Crippen LogP contribution in [0, 0.1) is 5.92 Å². The van der Waals surface area contributed by atoms with Crippen LogP contribution in [0.5, 0.6) is 0 Å². The maximum Gasteiger partial charge on any atom is 0.223 e. The van der Waals surface area contributed by atoms with E-state index in [9.17, 15) is 4.79 Å². The Morgan fingerprint density at radius 3 is 2.32 bits per heavy atom. The Kier molecular flexibility index (Phi) is 5.04. The van der Waals surface area contributed by atoms with Crippen LogP contribution in [0.4, 0.5) is 5.82 Å². The third-order valence-corrected chi connectivity index (χ3v) is 4.04.